The van der Waals surface area contributed by atoms with Gasteiger partial charge < -0.3 is 4.74 Å². The number of Topliss-reactive ketones (excluding diaryl/α,β-unsaturated/α-hetero) is 1. The molecule has 7 atom stereocenters. The van der Waals surface area contributed by atoms with Crippen LogP contribution >= 0.6 is 0 Å². The van der Waals surface area contributed by atoms with E-state index >= 15 is 0 Å². The van der Waals surface area contributed by atoms with E-state index < -0.39 is 0 Å². The molecule has 208 valence electrons. The lowest BCUT2D eigenvalue weighted by Gasteiger charge is -2.70. The molecule has 0 saturated heterocycles. The maximum Gasteiger partial charge on any atom is 0.312 e. The maximum atomic E-state index is 13.8. The lowest BCUT2D eigenvalue weighted by Crippen LogP contribution is -2.64. The van der Waals surface area contributed by atoms with E-state index in [2.05, 4.69) is 61.5 Å². The first kappa shape index (κ1) is 27.4. The van der Waals surface area contributed by atoms with Crippen molar-refractivity contribution in [2.24, 2.45) is 50.2 Å². The molecule has 0 spiro atoms. The molecule has 0 aliphatic heterocycles. The predicted octanol–water partition coefficient (Wildman–Crippen LogP) is 8.70. The molecule has 4 fully saturated rings. The van der Waals surface area contributed by atoms with Crippen molar-refractivity contribution in [2.75, 3.05) is 6.61 Å². The van der Waals surface area contributed by atoms with Gasteiger partial charge in [0.2, 0.25) is 0 Å². The summed E-state index contributed by atoms with van der Waals surface area (Å²) in [7, 11) is 0. The summed E-state index contributed by atoms with van der Waals surface area (Å²) < 4.78 is 6.02. The van der Waals surface area contributed by atoms with Gasteiger partial charge in [-0.2, -0.15) is 0 Å². The molecule has 0 bridgehead atoms. The van der Waals surface area contributed by atoms with Crippen molar-refractivity contribution in [3.8, 4) is 0 Å². The van der Waals surface area contributed by atoms with E-state index in [-0.39, 0.29) is 38.5 Å². The Bertz CT molecular complexity index is 989. The number of unbranched alkanes of at least 4 members (excludes halogenated alkanes) is 1. The zero-order valence-electron chi connectivity index (χ0n) is 25.2. The summed E-state index contributed by atoms with van der Waals surface area (Å²) >= 11 is 0. The first-order valence-corrected chi connectivity index (χ1v) is 15.6. The highest BCUT2D eigenvalue weighted by Crippen LogP contribution is 2.75. The van der Waals surface area contributed by atoms with Crippen molar-refractivity contribution in [2.45, 2.75) is 132 Å². The molecule has 0 heterocycles. The van der Waals surface area contributed by atoms with E-state index in [9.17, 15) is 9.59 Å². The van der Waals surface area contributed by atoms with Crippen LogP contribution in [0.25, 0.3) is 0 Å². The highest BCUT2D eigenvalue weighted by Gasteiger charge is 2.69. The fourth-order valence-electron chi connectivity index (χ4n) is 10.9. The smallest absolute Gasteiger partial charge is 0.312 e. The van der Waals surface area contributed by atoms with Gasteiger partial charge in [-0.3, -0.25) is 9.59 Å². The lowest BCUT2D eigenvalue weighted by atomic mass is 9.33. The molecule has 5 aliphatic carbocycles. The van der Waals surface area contributed by atoms with E-state index in [4.69, 9.17) is 4.74 Å². The van der Waals surface area contributed by atoms with Gasteiger partial charge in [-0.15, -0.1) is 0 Å². The van der Waals surface area contributed by atoms with E-state index in [0.717, 1.165) is 70.6 Å². The summed E-state index contributed by atoms with van der Waals surface area (Å²) in [6, 6.07) is 0. The Kier molecular flexibility index (Phi) is 6.45. The van der Waals surface area contributed by atoms with Gasteiger partial charge in [0.15, 0.2) is 0 Å². The number of rotatable bonds is 4. The quantitative estimate of drug-likeness (QED) is 0.216. The average Bonchev–Trinajstić information content (AvgIpc) is 2.82. The SMILES string of the molecule is CCCCOC(=O)[C@]12CCC(C)(C)C[C@H]1C1=CCC3[C@@]4(C)CCC(=O)C(C)(C)[C@@H]4CC[C@@]3(C)[C@]1(C)CC2. The second-order valence-corrected chi connectivity index (χ2v) is 16.0. The third-order valence-corrected chi connectivity index (χ3v) is 13.5. The van der Waals surface area contributed by atoms with Crippen LogP contribution in [-0.2, 0) is 14.3 Å². The topological polar surface area (TPSA) is 43.4 Å². The zero-order valence-corrected chi connectivity index (χ0v) is 25.2. The first-order chi connectivity index (χ1) is 17.2. The minimum absolute atomic E-state index is 0.0971. The van der Waals surface area contributed by atoms with Crippen LogP contribution in [0.1, 0.15) is 132 Å². The number of carbonyl (C=O) groups is 2. The molecule has 37 heavy (non-hydrogen) atoms. The lowest BCUT2D eigenvalue weighted by molar-refractivity contribution is -0.191. The van der Waals surface area contributed by atoms with Gasteiger partial charge in [0.05, 0.1) is 12.0 Å². The summed E-state index contributed by atoms with van der Waals surface area (Å²) in [5, 5.41) is 0. The molecule has 0 radical (unpaired) electrons. The molecule has 0 N–H and O–H groups in total. The molecule has 0 aromatic carbocycles. The van der Waals surface area contributed by atoms with Crippen LogP contribution in [0.3, 0.4) is 0 Å². The van der Waals surface area contributed by atoms with Gasteiger partial charge >= 0.3 is 5.97 Å². The number of esters is 1. The zero-order chi connectivity index (χ0) is 27.1. The van der Waals surface area contributed by atoms with Crippen molar-refractivity contribution in [1.82, 2.24) is 0 Å². The number of hydrogen-bond donors (Lipinski definition) is 0. The normalized spacial score (nSPS) is 46.0. The Hall–Kier alpha value is -1.12. The van der Waals surface area contributed by atoms with E-state index in [1.165, 1.54) is 6.42 Å². The average molecular weight is 511 g/mol. The van der Waals surface area contributed by atoms with Crippen molar-refractivity contribution >= 4 is 11.8 Å². The number of ether oxygens (including phenoxy) is 1. The number of fused-ring (bicyclic) bond motifs is 7. The van der Waals surface area contributed by atoms with Crippen LogP contribution in [-0.4, -0.2) is 18.4 Å². The third-order valence-electron chi connectivity index (χ3n) is 13.5. The molecule has 0 aromatic heterocycles. The van der Waals surface area contributed by atoms with Gasteiger partial charge in [-0.05, 0) is 104 Å². The minimum Gasteiger partial charge on any atom is -0.465 e. The van der Waals surface area contributed by atoms with Gasteiger partial charge in [-0.1, -0.05) is 73.5 Å². The molecule has 5 aliphatic rings. The fourth-order valence-corrected chi connectivity index (χ4v) is 10.9. The van der Waals surface area contributed by atoms with Crippen molar-refractivity contribution in [1.29, 1.82) is 0 Å². The molecule has 5 rings (SSSR count). The second kappa shape index (κ2) is 8.69. The van der Waals surface area contributed by atoms with E-state index in [1.54, 1.807) is 5.57 Å². The predicted molar refractivity (Wildman–Crippen MR) is 150 cm³/mol. The largest absolute Gasteiger partial charge is 0.465 e. The molecule has 3 heteroatoms. The highest BCUT2D eigenvalue weighted by atomic mass is 16.5. The molecule has 0 amide bonds. The minimum atomic E-state index is -0.335. The van der Waals surface area contributed by atoms with Gasteiger partial charge in [0, 0.05) is 11.8 Å². The van der Waals surface area contributed by atoms with Gasteiger partial charge in [-0.25, -0.2) is 0 Å². The Morgan fingerprint density at radius 3 is 2.35 bits per heavy atom. The Balaban J connectivity index is 1.55. The molecule has 3 nitrogen and oxygen atoms in total. The summed E-state index contributed by atoms with van der Waals surface area (Å²) in [6.07, 6.45) is 15.1. The Morgan fingerprint density at radius 2 is 1.65 bits per heavy atom. The fraction of sp³-hybridized carbons (Fsp3) is 0.882. The monoisotopic (exact) mass is 510 g/mol. The summed E-state index contributed by atoms with van der Waals surface area (Å²) in [4.78, 5) is 26.8. The highest BCUT2D eigenvalue weighted by molar-refractivity contribution is 5.85. The van der Waals surface area contributed by atoms with Crippen molar-refractivity contribution in [3.05, 3.63) is 11.6 Å². The molecule has 0 aromatic rings. The second-order valence-electron chi connectivity index (χ2n) is 16.0. The standard InChI is InChI=1S/C34H54O3/c1-9-10-21-37-28(36)34-19-17-29(2,3)22-24(34)23-11-12-26-31(6)15-14-27(35)30(4,5)25(31)13-16-33(26,8)32(23,7)18-20-34/h11,24-26H,9-10,12-22H2,1-8H3/t24-,25-,26?,31-,32+,33+,34-/m0/s1. The number of allylic oxidation sites excluding steroid dienone is 2. The Morgan fingerprint density at radius 1 is 0.946 bits per heavy atom. The van der Waals surface area contributed by atoms with E-state index in [0.29, 0.717) is 30.1 Å². The number of hydrogen-bond acceptors (Lipinski definition) is 3. The summed E-state index contributed by atoms with van der Waals surface area (Å²) in [6.45, 7) is 19.7. The van der Waals surface area contributed by atoms with Crippen molar-refractivity contribution in [3.63, 3.8) is 0 Å². The van der Waals surface area contributed by atoms with Crippen LogP contribution in [0.2, 0.25) is 0 Å². The first-order valence-electron chi connectivity index (χ1n) is 15.6. The number of ketones is 1. The summed E-state index contributed by atoms with van der Waals surface area (Å²) in [5.41, 5.74) is 1.83. The van der Waals surface area contributed by atoms with Gasteiger partial charge in [0.25, 0.3) is 0 Å². The third kappa shape index (κ3) is 3.71. The number of carbonyl (C=O) groups excluding carboxylic acids is 2. The maximum absolute atomic E-state index is 13.8. The Labute approximate surface area is 227 Å². The van der Waals surface area contributed by atoms with Crippen LogP contribution in [0, 0.1) is 50.2 Å². The molecular weight excluding hydrogens is 456 g/mol. The van der Waals surface area contributed by atoms with Crippen LogP contribution in [0.15, 0.2) is 11.6 Å². The van der Waals surface area contributed by atoms with Gasteiger partial charge in [0.1, 0.15) is 5.78 Å². The summed E-state index contributed by atoms with van der Waals surface area (Å²) in [5.74, 6) is 1.95. The van der Waals surface area contributed by atoms with E-state index in [1.807, 2.05) is 0 Å². The molecule has 4 saturated carbocycles. The molecule has 1 unspecified atom stereocenters. The van der Waals surface area contributed by atoms with Crippen molar-refractivity contribution < 1.29 is 14.3 Å². The van der Waals surface area contributed by atoms with Crippen LogP contribution in [0.5, 0.6) is 0 Å². The van der Waals surface area contributed by atoms with Crippen LogP contribution < -0.4 is 0 Å². The van der Waals surface area contributed by atoms with Crippen LogP contribution in [0.4, 0.5) is 0 Å². The molecular formula is C34H54O3.